The Labute approximate surface area is 179 Å². The number of piperidine rings is 1. The van der Waals surface area contributed by atoms with Gasteiger partial charge in [-0.25, -0.2) is 13.1 Å². The Bertz CT molecular complexity index is 947. The van der Waals surface area contributed by atoms with Crippen molar-refractivity contribution in [2.24, 2.45) is 0 Å². The molecule has 0 spiro atoms. The lowest BCUT2D eigenvalue weighted by Crippen LogP contribution is -2.57. The molecule has 1 aliphatic rings. The highest BCUT2D eigenvalue weighted by atomic mass is 32.2. The van der Waals surface area contributed by atoms with Crippen LogP contribution in [-0.4, -0.2) is 44.1 Å². The number of carbonyl (C=O) groups excluding carboxylic acids is 1. The van der Waals surface area contributed by atoms with Crippen LogP contribution in [0.1, 0.15) is 38.2 Å². The summed E-state index contributed by atoms with van der Waals surface area (Å²) in [6.45, 7) is 2.62. The second-order valence-corrected chi connectivity index (χ2v) is 9.55. The predicted molar refractivity (Wildman–Crippen MR) is 118 cm³/mol. The smallest absolute Gasteiger partial charge is 0.222 e. The van der Waals surface area contributed by atoms with Gasteiger partial charge in [-0.1, -0.05) is 43.3 Å². The molecule has 1 N–H and O–H groups in total. The molecule has 0 aromatic heterocycles. The Kier molecular flexibility index (Phi) is 7.50. The summed E-state index contributed by atoms with van der Waals surface area (Å²) in [6, 6.07) is 16.7. The highest BCUT2D eigenvalue weighted by molar-refractivity contribution is 7.88. The van der Waals surface area contributed by atoms with Crippen LogP contribution in [0.15, 0.2) is 54.6 Å². The molecule has 2 aromatic rings. The van der Waals surface area contributed by atoms with E-state index >= 15 is 0 Å². The fraction of sp³-hybridized carbons (Fsp3) is 0.435. The first-order valence-electron chi connectivity index (χ1n) is 10.4. The van der Waals surface area contributed by atoms with Crippen molar-refractivity contribution >= 4 is 15.9 Å². The van der Waals surface area contributed by atoms with Gasteiger partial charge in [0.25, 0.3) is 0 Å². The monoisotopic (exact) mass is 430 g/mol. The molecule has 1 fully saturated rings. The van der Waals surface area contributed by atoms with Gasteiger partial charge in [0.15, 0.2) is 0 Å². The van der Waals surface area contributed by atoms with E-state index in [1.165, 1.54) is 6.26 Å². The third-order valence-electron chi connectivity index (χ3n) is 5.30. The van der Waals surface area contributed by atoms with Crippen molar-refractivity contribution in [2.45, 2.75) is 51.1 Å². The molecule has 6 nitrogen and oxygen atoms in total. The van der Waals surface area contributed by atoms with Crippen molar-refractivity contribution in [3.05, 3.63) is 60.2 Å². The van der Waals surface area contributed by atoms with Gasteiger partial charge in [0.1, 0.15) is 11.5 Å². The summed E-state index contributed by atoms with van der Waals surface area (Å²) >= 11 is 0. The molecule has 0 saturated carbocycles. The number of carbonyl (C=O) groups is 1. The van der Waals surface area contributed by atoms with Crippen LogP contribution in [0.4, 0.5) is 0 Å². The van der Waals surface area contributed by atoms with Crippen LogP contribution in [0, 0.1) is 0 Å². The molecule has 162 valence electrons. The molecule has 3 rings (SSSR count). The normalized spacial score (nSPS) is 19.5. The van der Waals surface area contributed by atoms with E-state index in [4.69, 9.17) is 4.74 Å². The minimum Gasteiger partial charge on any atom is -0.457 e. The van der Waals surface area contributed by atoms with Gasteiger partial charge in [0.05, 0.1) is 12.3 Å². The number of para-hydroxylation sites is 2. The zero-order chi connectivity index (χ0) is 21.6. The van der Waals surface area contributed by atoms with Gasteiger partial charge in [-0.2, -0.15) is 0 Å². The summed E-state index contributed by atoms with van der Waals surface area (Å²) in [5, 5.41) is 0. The number of amides is 1. The Morgan fingerprint density at radius 2 is 1.83 bits per heavy atom. The van der Waals surface area contributed by atoms with E-state index in [2.05, 4.69) is 4.72 Å². The lowest BCUT2D eigenvalue weighted by atomic mass is 9.90. The van der Waals surface area contributed by atoms with Gasteiger partial charge < -0.3 is 9.64 Å². The molecule has 2 atom stereocenters. The molecular formula is C23H30N2O4S. The molecule has 0 radical (unpaired) electrons. The van der Waals surface area contributed by atoms with E-state index < -0.39 is 10.0 Å². The lowest BCUT2D eigenvalue weighted by molar-refractivity contribution is -0.135. The number of likely N-dealkylation sites (tertiary alicyclic amines) is 1. The fourth-order valence-electron chi connectivity index (χ4n) is 4.00. The molecule has 2 unspecified atom stereocenters. The minimum atomic E-state index is -3.39. The predicted octanol–water partition coefficient (Wildman–Crippen LogP) is 3.73. The van der Waals surface area contributed by atoms with Gasteiger partial charge in [-0.3, -0.25) is 4.79 Å². The first-order chi connectivity index (χ1) is 14.4. The van der Waals surface area contributed by atoms with Gasteiger partial charge in [0, 0.05) is 19.0 Å². The summed E-state index contributed by atoms with van der Waals surface area (Å²) < 4.78 is 32.8. The first kappa shape index (κ1) is 22.3. The lowest BCUT2D eigenvalue weighted by Gasteiger charge is -2.41. The number of nitrogens with one attached hydrogen (secondary N) is 1. The molecule has 0 aliphatic carbocycles. The largest absolute Gasteiger partial charge is 0.457 e. The highest BCUT2D eigenvalue weighted by Gasteiger charge is 2.36. The molecule has 2 aromatic carbocycles. The average molecular weight is 431 g/mol. The maximum Gasteiger partial charge on any atom is 0.222 e. The molecule has 1 heterocycles. The molecule has 7 heteroatoms. The maximum atomic E-state index is 12.8. The van der Waals surface area contributed by atoms with E-state index in [-0.39, 0.29) is 18.0 Å². The average Bonchev–Trinajstić information content (AvgIpc) is 2.70. The third kappa shape index (κ3) is 6.06. The molecular weight excluding hydrogens is 400 g/mol. The number of sulfonamides is 1. The van der Waals surface area contributed by atoms with Gasteiger partial charge >= 0.3 is 0 Å². The number of hydrogen-bond acceptors (Lipinski definition) is 4. The summed E-state index contributed by atoms with van der Waals surface area (Å²) in [7, 11) is -3.39. The van der Waals surface area contributed by atoms with Gasteiger partial charge in [0.2, 0.25) is 15.9 Å². The number of rotatable bonds is 8. The Balaban J connectivity index is 1.89. The second kappa shape index (κ2) is 10.1. The number of ether oxygens (including phenoxy) is 1. The van der Waals surface area contributed by atoms with Crippen molar-refractivity contribution < 1.29 is 17.9 Å². The number of nitrogens with zero attached hydrogens (tertiary/aromatic N) is 1. The van der Waals surface area contributed by atoms with E-state index in [0.717, 1.165) is 29.9 Å². The van der Waals surface area contributed by atoms with Crippen LogP contribution in [0.25, 0.3) is 0 Å². The van der Waals surface area contributed by atoms with Crippen molar-refractivity contribution in [2.75, 3.05) is 12.8 Å². The van der Waals surface area contributed by atoms with Crippen molar-refractivity contribution in [3.63, 3.8) is 0 Å². The third-order valence-corrected chi connectivity index (χ3v) is 6.03. The zero-order valence-corrected chi connectivity index (χ0v) is 18.4. The van der Waals surface area contributed by atoms with E-state index in [9.17, 15) is 13.2 Å². The van der Waals surface area contributed by atoms with Gasteiger partial charge in [-0.05, 0) is 49.4 Å². The molecule has 1 saturated heterocycles. The van der Waals surface area contributed by atoms with Crippen LogP contribution in [0.2, 0.25) is 0 Å². The SMILES string of the molecule is CCCC(=O)N1CCCC(NS(C)(=O)=O)C1Cc1ccccc1Oc1ccccc1. The summed E-state index contributed by atoms with van der Waals surface area (Å²) in [4.78, 5) is 14.7. The van der Waals surface area contributed by atoms with E-state index in [1.807, 2.05) is 66.4 Å². The van der Waals surface area contributed by atoms with Gasteiger partial charge in [-0.15, -0.1) is 0 Å². The topological polar surface area (TPSA) is 75.7 Å². The van der Waals surface area contributed by atoms with Crippen LogP contribution in [0.5, 0.6) is 11.5 Å². The Morgan fingerprint density at radius 3 is 2.53 bits per heavy atom. The summed E-state index contributed by atoms with van der Waals surface area (Å²) in [6.07, 6.45) is 4.40. The molecule has 1 aliphatic heterocycles. The van der Waals surface area contributed by atoms with Crippen molar-refractivity contribution in [3.8, 4) is 11.5 Å². The Hall–Kier alpha value is -2.38. The summed E-state index contributed by atoms with van der Waals surface area (Å²) in [5.74, 6) is 1.53. The van der Waals surface area contributed by atoms with E-state index in [1.54, 1.807) is 0 Å². The maximum absolute atomic E-state index is 12.8. The van der Waals surface area contributed by atoms with Crippen LogP contribution in [0.3, 0.4) is 0 Å². The van der Waals surface area contributed by atoms with Crippen LogP contribution in [-0.2, 0) is 21.2 Å². The Morgan fingerprint density at radius 1 is 1.13 bits per heavy atom. The second-order valence-electron chi connectivity index (χ2n) is 7.77. The molecule has 1 amide bonds. The van der Waals surface area contributed by atoms with Crippen LogP contribution < -0.4 is 9.46 Å². The number of hydrogen-bond donors (Lipinski definition) is 1. The van der Waals surface area contributed by atoms with Crippen molar-refractivity contribution in [1.29, 1.82) is 0 Å². The minimum absolute atomic E-state index is 0.0731. The van der Waals surface area contributed by atoms with Crippen LogP contribution >= 0.6 is 0 Å². The first-order valence-corrected chi connectivity index (χ1v) is 12.3. The zero-order valence-electron chi connectivity index (χ0n) is 17.6. The van der Waals surface area contributed by atoms with Crippen molar-refractivity contribution in [1.82, 2.24) is 9.62 Å². The fourth-order valence-corrected chi connectivity index (χ4v) is 4.83. The summed E-state index contributed by atoms with van der Waals surface area (Å²) in [5.41, 5.74) is 0.947. The van der Waals surface area contributed by atoms with E-state index in [0.29, 0.717) is 25.8 Å². The quantitative estimate of drug-likeness (QED) is 0.692. The highest BCUT2D eigenvalue weighted by Crippen LogP contribution is 2.30. The number of benzene rings is 2. The molecule has 0 bridgehead atoms. The molecule has 30 heavy (non-hydrogen) atoms. The standard InChI is InChI=1S/C23H30N2O4S/c1-3-10-23(26)25-16-9-14-20(24-30(2,27)28)21(25)17-18-11-7-8-15-22(18)29-19-12-5-4-6-13-19/h4-8,11-13,15,20-21,24H,3,9-10,14,16-17H2,1-2H3.